The first-order valence-corrected chi connectivity index (χ1v) is 6.67. The topological polar surface area (TPSA) is 87.4 Å². The standard InChI is InChI=1S/C14H21N3O2/c1-2-16-13(19)10-4-5-12(11(15)8-10)17-14(9-18)6-3-7-14/h4-5,8,17-18H,2-3,6-7,9,15H2,1H3,(H,16,19). The molecule has 0 aromatic heterocycles. The number of hydrogen-bond acceptors (Lipinski definition) is 4. The van der Waals surface area contributed by atoms with Crippen LogP contribution in [0.4, 0.5) is 11.4 Å². The molecule has 0 spiro atoms. The van der Waals surface area contributed by atoms with Crippen molar-refractivity contribution in [3.05, 3.63) is 23.8 Å². The summed E-state index contributed by atoms with van der Waals surface area (Å²) in [5.41, 5.74) is 7.60. The number of carbonyl (C=O) groups is 1. The van der Waals surface area contributed by atoms with E-state index in [1.807, 2.05) is 6.92 Å². The number of aliphatic hydroxyl groups is 1. The third-order valence-electron chi connectivity index (χ3n) is 3.66. The zero-order valence-electron chi connectivity index (χ0n) is 11.2. The van der Waals surface area contributed by atoms with Gasteiger partial charge in [-0.25, -0.2) is 0 Å². The van der Waals surface area contributed by atoms with Gasteiger partial charge in [0.25, 0.3) is 5.91 Å². The van der Waals surface area contributed by atoms with Crippen molar-refractivity contribution in [3.63, 3.8) is 0 Å². The number of aliphatic hydroxyl groups excluding tert-OH is 1. The number of nitrogens with two attached hydrogens (primary N) is 1. The summed E-state index contributed by atoms with van der Waals surface area (Å²) in [6, 6.07) is 5.21. The molecule has 0 bridgehead atoms. The van der Waals surface area contributed by atoms with Gasteiger partial charge < -0.3 is 21.5 Å². The molecule has 1 aromatic carbocycles. The van der Waals surface area contributed by atoms with Gasteiger partial charge in [-0.2, -0.15) is 0 Å². The second-order valence-corrected chi connectivity index (χ2v) is 5.08. The van der Waals surface area contributed by atoms with Crippen molar-refractivity contribution in [2.75, 3.05) is 24.2 Å². The average Bonchev–Trinajstić information content (AvgIpc) is 2.35. The minimum atomic E-state index is -0.235. The molecule has 0 atom stereocenters. The van der Waals surface area contributed by atoms with Crippen LogP contribution < -0.4 is 16.4 Å². The van der Waals surface area contributed by atoms with Gasteiger partial charge in [0.05, 0.1) is 23.5 Å². The smallest absolute Gasteiger partial charge is 0.251 e. The highest BCUT2D eigenvalue weighted by Crippen LogP contribution is 2.36. The third-order valence-corrected chi connectivity index (χ3v) is 3.66. The first-order valence-electron chi connectivity index (χ1n) is 6.67. The first-order chi connectivity index (χ1) is 9.10. The Kier molecular flexibility index (Phi) is 3.95. The van der Waals surface area contributed by atoms with Gasteiger partial charge in [-0.15, -0.1) is 0 Å². The number of benzene rings is 1. The molecule has 1 amide bonds. The van der Waals surface area contributed by atoms with E-state index in [0.29, 0.717) is 17.8 Å². The van der Waals surface area contributed by atoms with Gasteiger partial charge >= 0.3 is 0 Å². The van der Waals surface area contributed by atoms with E-state index in [2.05, 4.69) is 10.6 Å². The maximum Gasteiger partial charge on any atom is 0.251 e. The normalized spacial score (nSPS) is 16.5. The van der Waals surface area contributed by atoms with E-state index in [4.69, 9.17) is 5.73 Å². The van der Waals surface area contributed by atoms with E-state index in [1.165, 1.54) is 0 Å². The fraction of sp³-hybridized carbons (Fsp3) is 0.500. The molecule has 5 N–H and O–H groups in total. The van der Waals surface area contributed by atoms with Crippen molar-refractivity contribution < 1.29 is 9.90 Å². The summed E-state index contributed by atoms with van der Waals surface area (Å²) in [7, 11) is 0. The third kappa shape index (κ3) is 2.81. The number of carbonyl (C=O) groups excluding carboxylic acids is 1. The van der Waals surface area contributed by atoms with Gasteiger partial charge in [0, 0.05) is 12.1 Å². The van der Waals surface area contributed by atoms with Crippen LogP contribution in [0.3, 0.4) is 0 Å². The Balaban J connectivity index is 2.13. The molecule has 1 aliphatic carbocycles. The van der Waals surface area contributed by atoms with Crippen molar-refractivity contribution >= 4 is 17.3 Å². The van der Waals surface area contributed by atoms with Gasteiger partial charge in [-0.05, 0) is 44.4 Å². The van der Waals surface area contributed by atoms with Gasteiger partial charge in [-0.1, -0.05) is 0 Å². The van der Waals surface area contributed by atoms with Crippen LogP contribution in [0.1, 0.15) is 36.5 Å². The van der Waals surface area contributed by atoms with Crippen molar-refractivity contribution in [1.29, 1.82) is 0 Å². The predicted octanol–water partition coefficient (Wildman–Crippen LogP) is 1.35. The van der Waals surface area contributed by atoms with Crippen LogP contribution in [0.15, 0.2) is 18.2 Å². The van der Waals surface area contributed by atoms with Crippen LogP contribution in [0.5, 0.6) is 0 Å². The van der Waals surface area contributed by atoms with Crippen LogP contribution in [0.25, 0.3) is 0 Å². The monoisotopic (exact) mass is 263 g/mol. The predicted molar refractivity (Wildman–Crippen MR) is 76.2 cm³/mol. The Morgan fingerprint density at radius 1 is 1.47 bits per heavy atom. The second-order valence-electron chi connectivity index (χ2n) is 5.08. The lowest BCUT2D eigenvalue weighted by Gasteiger charge is -2.42. The van der Waals surface area contributed by atoms with E-state index in [9.17, 15) is 9.90 Å². The molecule has 1 saturated carbocycles. The molecule has 1 aromatic rings. The van der Waals surface area contributed by atoms with Crippen LogP contribution in [-0.4, -0.2) is 29.7 Å². The molecule has 19 heavy (non-hydrogen) atoms. The average molecular weight is 263 g/mol. The lowest BCUT2D eigenvalue weighted by atomic mass is 9.77. The molecule has 5 nitrogen and oxygen atoms in total. The van der Waals surface area contributed by atoms with Gasteiger partial charge in [0.1, 0.15) is 0 Å². The zero-order valence-corrected chi connectivity index (χ0v) is 11.2. The number of nitrogens with one attached hydrogen (secondary N) is 2. The molecule has 1 aliphatic rings. The van der Waals surface area contributed by atoms with E-state index in [-0.39, 0.29) is 18.1 Å². The molecule has 5 heteroatoms. The largest absolute Gasteiger partial charge is 0.397 e. The summed E-state index contributed by atoms with van der Waals surface area (Å²) >= 11 is 0. The fourth-order valence-electron chi connectivity index (χ4n) is 2.29. The van der Waals surface area contributed by atoms with Gasteiger partial charge in [-0.3, -0.25) is 4.79 Å². The number of amides is 1. The second kappa shape index (κ2) is 5.48. The van der Waals surface area contributed by atoms with E-state index < -0.39 is 0 Å². The minimum Gasteiger partial charge on any atom is -0.397 e. The Morgan fingerprint density at radius 2 is 2.21 bits per heavy atom. The Bertz CT molecular complexity index is 464. The number of anilines is 2. The lowest BCUT2D eigenvalue weighted by Crippen LogP contribution is -2.48. The fourth-order valence-corrected chi connectivity index (χ4v) is 2.29. The van der Waals surface area contributed by atoms with Gasteiger partial charge in [0.15, 0.2) is 0 Å². The van der Waals surface area contributed by atoms with Crippen molar-refractivity contribution in [2.24, 2.45) is 0 Å². The maximum absolute atomic E-state index is 11.7. The Morgan fingerprint density at radius 3 is 2.68 bits per heavy atom. The van der Waals surface area contributed by atoms with E-state index >= 15 is 0 Å². The van der Waals surface area contributed by atoms with Crippen LogP contribution in [-0.2, 0) is 0 Å². The Labute approximate surface area is 113 Å². The van der Waals surface area contributed by atoms with Crippen LogP contribution >= 0.6 is 0 Å². The number of nitrogen functional groups attached to an aromatic ring is 1. The van der Waals surface area contributed by atoms with Gasteiger partial charge in [0.2, 0.25) is 0 Å². The quantitative estimate of drug-likeness (QED) is 0.604. The summed E-state index contributed by atoms with van der Waals surface area (Å²) in [6.45, 7) is 2.57. The number of rotatable bonds is 5. The van der Waals surface area contributed by atoms with Crippen LogP contribution in [0, 0.1) is 0 Å². The lowest BCUT2D eigenvalue weighted by molar-refractivity contribution is 0.0956. The summed E-state index contributed by atoms with van der Waals surface area (Å²) in [4.78, 5) is 11.7. The van der Waals surface area contributed by atoms with Crippen LogP contribution in [0.2, 0.25) is 0 Å². The molecule has 0 unspecified atom stereocenters. The summed E-state index contributed by atoms with van der Waals surface area (Å²) in [6.07, 6.45) is 3.01. The molecule has 104 valence electrons. The molecular formula is C14H21N3O2. The van der Waals surface area contributed by atoms with Crippen molar-refractivity contribution in [1.82, 2.24) is 5.32 Å². The highest BCUT2D eigenvalue weighted by molar-refractivity contribution is 5.96. The highest BCUT2D eigenvalue weighted by Gasteiger charge is 2.36. The van der Waals surface area contributed by atoms with Crippen molar-refractivity contribution in [3.8, 4) is 0 Å². The Hall–Kier alpha value is -1.75. The first kappa shape index (κ1) is 13.7. The number of hydrogen-bond donors (Lipinski definition) is 4. The van der Waals surface area contributed by atoms with E-state index in [1.54, 1.807) is 18.2 Å². The summed E-state index contributed by atoms with van der Waals surface area (Å²) < 4.78 is 0. The zero-order chi connectivity index (χ0) is 13.9. The molecule has 0 saturated heterocycles. The SMILES string of the molecule is CCNC(=O)c1ccc(NC2(CO)CCC2)c(N)c1. The summed E-state index contributed by atoms with van der Waals surface area (Å²) in [5.74, 6) is -0.124. The molecule has 0 radical (unpaired) electrons. The van der Waals surface area contributed by atoms with Crippen molar-refractivity contribution in [2.45, 2.75) is 31.7 Å². The summed E-state index contributed by atoms with van der Waals surface area (Å²) in [5, 5.41) is 15.5. The molecule has 1 fully saturated rings. The minimum absolute atomic E-state index is 0.102. The highest BCUT2D eigenvalue weighted by atomic mass is 16.3. The molecule has 0 aliphatic heterocycles. The molecule has 0 heterocycles. The molecular weight excluding hydrogens is 242 g/mol. The molecule has 2 rings (SSSR count). The van der Waals surface area contributed by atoms with E-state index in [0.717, 1.165) is 24.9 Å². The maximum atomic E-state index is 11.7.